The van der Waals surface area contributed by atoms with E-state index in [1.54, 1.807) is 24.3 Å². The molecule has 0 aliphatic carbocycles. The molecule has 0 aliphatic rings. The quantitative estimate of drug-likeness (QED) is 0.0694. The second-order valence-electron chi connectivity index (χ2n) is 13.7. The molecule has 0 amide bonds. The number of phenols is 2. The minimum atomic E-state index is -0.933. The maximum Gasteiger partial charge on any atom is 0.328 e. The SMILES string of the molecule is O=C(O)/C=C(/CCc1ccc2cc(O)ccc2c1)c1ccc2ccccc2c1.O=CO/C=C(\CCc1ccc2cc(O)ccc2c1)c1ccc2ccccc2c1. The number of phenolic OH excluding ortho intramolecular Hbond substituents is 2. The molecule has 0 unspecified atom stereocenters. The topological polar surface area (TPSA) is 104 Å². The summed E-state index contributed by atoms with van der Waals surface area (Å²) in [5, 5.41) is 37.3. The fourth-order valence-electron chi connectivity index (χ4n) is 7.04. The monoisotopic (exact) mass is 736 g/mol. The number of carbonyl (C=O) groups is 2. The predicted molar refractivity (Wildman–Crippen MR) is 227 cm³/mol. The Balaban J connectivity index is 0.000000172. The molecule has 0 atom stereocenters. The van der Waals surface area contributed by atoms with Gasteiger partial charge in [0.25, 0.3) is 6.47 Å². The minimum Gasteiger partial charge on any atom is -0.508 e. The Morgan fingerprint density at radius 1 is 0.482 bits per heavy atom. The highest BCUT2D eigenvalue weighted by molar-refractivity contribution is 5.93. The highest BCUT2D eigenvalue weighted by Gasteiger charge is 2.09. The molecule has 0 radical (unpaired) electrons. The molecule has 0 spiro atoms. The molecule has 8 rings (SSSR count). The first kappa shape index (κ1) is 37.1. The summed E-state index contributed by atoms with van der Waals surface area (Å²) in [7, 11) is 0. The van der Waals surface area contributed by atoms with Crippen molar-refractivity contribution in [3.05, 3.63) is 192 Å². The van der Waals surface area contributed by atoms with E-state index in [0.29, 0.717) is 12.9 Å². The van der Waals surface area contributed by atoms with E-state index in [4.69, 9.17) is 4.74 Å². The molecular weight excluding hydrogens is 697 g/mol. The van der Waals surface area contributed by atoms with Gasteiger partial charge >= 0.3 is 5.97 Å². The molecule has 8 aromatic rings. The summed E-state index contributed by atoms with van der Waals surface area (Å²) in [5.41, 5.74) is 6.09. The lowest BCUT2D eigenvalue weighted by Crippen LogP contribution is -1.96. The molecule has 8 aromatic carbocycles. The van der Waals surface area contributed by atoms with Gasteiger partial charge in [-0.1, -0.05) is 121 Å². The van der Waals surface area contributed by atoms with E-state index in [0.717, 1.165) is 84.8 Å². The Morgan fingerprint density at radius 2 is 0.893 bits per heavy atom. The Morgan fingerprint density at radius 3 is 1.39 bits per heavy atom. The number of carboxylic acid groups (broad SMARTS) is 1. The van der Waals surface area contributed by atoms with Crippen LogP contribution < -0.4 is 0 Å². The number of fused-ring (bicyclic) bond motifs is 4. The maximum absolute atomic E-state index is 11.4. The highest BCUT2D eigenvalue weighted by Crippen LogP contribution is 2.29. The van der Waals surface area contributed by atoms with Crippen molar-refractivity contribution in [3.8, 4) is 11.5 Å². The number of allylic oxidation sites excluding steroid dienone is 2. The Bertz CT molecular complexity index is 2760. The third-order valence-electron chi connectivity index (χ3n) is 9.95. The van der Waals surface area contributed by atoms with Crippen molar-refractivity contribution in [1.29, 1.82) is 0 Å². The van der Waals surface area contributed by atoms with E-state index in [1.165, 1.54) is 23.3 Å². The molecule has 276 valence electrons. The maximum atomic E-state index is 11.4. The number of hydrogen-bond donors (Lipinski definition) is 3. The molecule has 0 aliphatic heterocycles. The summed E-state index contributed by atoms with van der Waals surface area (Å²) in [6.07, 6.45) is 5.78. The van der Waals surface area contributed by atoms with Crippen molar-refractivity contribution in [2.24, 2.45) is 0 Å². The van der Waals surface area contributed by atoms with Gasteiger partial charge < -0.3 is 20.1 Å². The molecule has 0 saturated carbocycles. The summed E-state index contributed by atoms with van der Waals surface area (Å²) in [4.78, 5) is 22.1. The van der Waals surface area contributed by atoms with Gasteiger partial charge in [-0.2, -0.15) is 0 Å². The lowest BCUT2D eigenvalue weighted by atomic mass is 9.95. The van der Waals surface area contributed by atoms with Crippen LogP contribution >= 0.6 is 0 Å². The number of ether oxygens (including phenoxy) is 1. The van der Waals surface area contributed by atoms with E-state index < -0.39 is 5.97 Å². The van der Waals surface area contributed by atoms with Crippen LogP contribution in [0.4, 0.5) is 0 Å². The smallest absolute Gasteiger partial charge is 0.328 e. The lowest BCUT2D eigenvalue weighted by molar-refractivity contribution is -0.131. The van der Waals surface area contributed by atoms with E-state index in [1.807, 2.05) is 84.9 Å². The second kappa shape index (κ2) is 17.3. The Kier molecular flexibility index (Phi) is 11.5. The number of hydrogen-bond acceptors (Lipinski definition) is 5. The standard InChI is InChI=1S/2C25H20O3/c26-17-28-16-24(22-10-9-19-3-1-2-4-20(19)14-22)8-6-18-5-7-23-15-25(27)12-11-21(23)13-18;26-24-12-11-20-13-17(5-7-22(20)15-24)6-8-23(16-25(27)28)21-10-9-18-3-1-2-4-19(18)14-21/h1-5,7,9-17,27H,6,8H2;1-5,7,9-16,26H,6,8H2,(H,27,28)/b24-16+;23-16-. The van der Waals surface area contributed by atoms with Gasteiger partial charge in [0.2, 0.25) is 0 Å². The van der Waals surface area contributed by atoms with Crippen LogP contribution in [0.15, 0.2) is 170 Å². The van der Waals surface area contributed by atoms with Crippen molar-refractivity contribution in [3.63, 3.8) is 0 Å². The Labute approximate surface area is 324 Å². The molecule has 0 saturated heterocycles. The zero-order valence-electron chi connectivity index (χ0n) is 30.6. The van der Waals surface area contributed by atoms with Crippen LogP contribution in [-0.4, -0.2) is 27.8 Å². The number of aliphatic carboxylic acids is 1. The lowest BCUT2D eigenvalue weighted by Gasteiger charge is -2.10. The average molecular weight is 737 g/mol. The van der Waals surface area contributed by atoms with Gasteiger partial charge in [0, 0.05) is 6.08 Å². The zero-order valence-corrected chi connectivity index (χ0v) is 30.6. The zero-order chi connectivity index (χ0) is 38.9. The first-order chi connectivity index (χ1) is 27.3. The molecule has 3 N–H and O–H groups in total. The first-order valence-corrected chi connectivity index (χ1v) is 18.4. The third kappa shape index (κ3) is 9.30. The number of rotatable bonds is 11. The summed E-state index contributed by atoms with van der Waals surface area (Å²) in [5.74, 6) is -0.409. The van der Waals surface area contributed by atoms with Crippen LogP contribution in [0.25, 0.3) is 54.2 Å². The first-order valence-electron chi connectivity index (χ1n) is 18.4. The fourth-order valence-corrected chi connectivity index (χ4v) is 7.04. The van der Waals surface area contributed by atoms with Crippen LogP contribution in [0.3, 0.4) is 0 Å². The Hall–Kier alpha value is -7.18. The van der Waals surface area contributed by atoms with Crippen LogP contribution in [0.1, 0.15) is 35.1 Å². The molecular formula is C50H40O6. The summed E-state index contributed by atoms with van der Waals surface area (Å²) in [6.45, 7) is 0.448. The van der Waals surface area contributed by atoms with Crippen molar-refractivity contribution < 1.29 is 29.6 Å². The summed E-state index contributed by atoms with van der Waals surface area (Å²) in [6, 6.07) is 51.6. The van der Waals surface area contributed by atoms with Crippen molar-refractivity contribution in [2.75, 3.05) is 0 Å². The summed E-state index contributed by atoms with van der Waals surface area (Å²) < 4.78 is 4.96. The van der Waals surface area contributed by atoms with Gasteiger partial charge in [0.15, 0.2) is 0 Å². The van der Waals surface area contributed by atoms with E-state index in [-0.39, 0.29) is 11.5 Å². The normalized spacial score (nSPS) is 11.7. The van der Waals surface area contributed by atoms with Gasteiger partial charge in [0.1, 0.15) is 11.5 Å². The van der Waals surface area contributed by atoms with Crippen molar-refractivity contribution >= 4 is 66.7 Å². The second-order valence-corrected chi connectivity index (χ2v) is 13.7. The number of carboxylic acids is 1. The number of aromatic hydroxyl groups is 2. The van der Waals surface area contributed by atoms with Gasteiger partial charge in [-0.05, 0) is 139 Å². The highest BCUT2D eigenvalue weighted by atomic mass is 16.5. The van der Waals surface area contributed by atoms with E-state index in [2.05, 4.69) is 48.5 Å². The predicted octanol–water partition coefficient (Wildman–Crippen LogP) is 11.6. The summed E-state index contributed by atoms with van der Waals surface area (Å²) >= 11 is 0. The molecule has 0 aromatic heterocycles. The van der Waals surface area contributed by atoms with E-state index >= 15 is 0 Å². The number of benzene rings is 8. The van der Waals surface area contributed by atoms with Crippen LogP contribution in [0.2, 0.25) is 0 Å². The average Bonchev–Trinajstić information content (AvgIpc) is 3.22. The third-order valence-corrected chi connectivity index (χ3v) is 9.95. The molecule has 0 bridgehead atoms. The molecule has 56 heavy (non-hydrogen) atoms. The van der Waals surface area contributed by atoms with Crippen LogP contribution in [-0.2, 0) is 27.2 Å². The molecule has 6 heteroatoms. The number of carbonyl (C=O) groups excluding carboxylic acids is 1. The van der Waals surface area contributed by atoms with Crippen LogP contribution in [0, 0.1) is 0 Å². The largest absolute Gasteiger partial charge is 0.508 e. The number of aryl methyl sites for hydroxylation is 2. The van der Waals surface area contributed by atoms with Crippen LogP contribution in [0.5, 0.6) is 11.5 Å². The van der Waals surface area contributed by atoms with E-state index in [9.17, 15) is 24.9 Å². The van der Waals surface area contributed by atoms with Crippen molar-refractivity contribution in [2.45, 2.75) is 25.7 Å². The molecule has 6 nitrogen and oxygen atoms in total. The van der Waals surface area contributed by atoms with Crippen molar-refractivity contribution in [1.82, 2.24) is 0 Å². The fraction of sp³-hybridized carbons (Fsp3) is 0.0800. The molecule has 0 fully saturated rings. The molecule has 0 heterocycles. The minimum absolute atomic E-state index is 0.253. The van der Waals surface area contributed by atoms with Gasteiger partial charge in [-0.25, -0.2) is 4.79 Å². The van der Waals surface area contributed by atoms with Gasteiger partial charge in [-0.3, -0.25) is 4.79 Å². The van der Waals surface area contributed by atoms with Gasteiger partial charge in [0.05, 0.1) is 6.26 Å². The van der Waals surface area contributed by atoms with Gasteiger partial charge in [-0.15, -0.1) is 0 Å².